The summed E-state index contributed by atoms with van der Waals surface area (Å²) in [5.74, 6) is 0.844. The molecule has 0 atom stereocenters. The summed E-state index contributed by atoms with van der Waals surface area (Å²) in [4.78, 5) is 12.1. The fourth-order valence-corrected chi connectivity index (χ4v) is 2.59. The van der Waals surface area contributed by atoms with Gasteiger partial charge in [-0.1, -0.05) is 40.9 Å². The Morgan fingerprint density at radius 2 is 1.82 bits per heavy atom. The third-order valence-corrected chi connectivity index (χ3v) is 4.33. The highest BCUT2D eigenvalue weighted by molar-refractivity contribution is 6.49. The van der Waals surface area contributed by atoms with Crippen molar-refractivity contribution in [3.8, 4) is 0 Å². The molecule has 0 spiro atoms. The first-order chi connectivity index (χ1) is 10.3. The summed E-state index contributed by atoms with van der Waals surface area (Å²) in [6.07, 6.45) is 0. The molecule has 4 nitrogen and oxygen atoms in total. The molecule has 0 fully saturated rings. The first kappa shape index (κ1) is 16.9. The summed E-state index contributed by atoms with van der Waals surface area (Å²) >= 11 is 18.0. The highest BCUT2D eigenvalue weighted by Crippen LogP contribution is 2.32. The number of hydrogen-bond acceptors (Lipinski definition) is 3. The minimum Gasteiger partial charge on any atom is -0.466 e. The molecule has 1 amide bonds. The Kier molecular flexibility index (Phi) is 5.16. The lowest BCUT2D eigenvalue weighted by Crippen LogP contribution is -2.19. The van der Waals surface area contributed by atoms with E-state index in [4.69, 9.17) is 39.2 Å². The average molecular weight is 360 g/mol. The standard InChI is InChI=1S/C15H13Cl3N2O2/c1-7-6-11(9(3)22-7)15(21)20-19-8(2)10-4-5-12(16)14(18)13(10)17/h4-6H,1-3H3,(H,20,21). The van der Waals surface area contributed by atoms with Crippen LogP contribution in [-0.4, -0.2) is 11.6 Å². The zero-order valence-corrected chi connectivity index (χ0v) is 14.4. The van der Waals surface area contributed by atoms with Crippen molar-refractivity contribution in [1.82, 2.24) is 5.43 Å². The molecule has 0 saturated carbocycles. The van der Waals surface area contributed by atoms with Crippen molar-refractivity contribution in [2.24, 2.45) is 5.10 Å². The van der Waals surface area contributed by atoms with Crippen molar-refractivity contribution in [2.75, 3.05) is 0 Å². The molecule has 1 aromatic carbocycles. The first-order valence-corrected chi connectivity index (χ1v) is 7.50. The van der Waals surface area contributed by atoms with Gasteiger partial charge in [0.15, 0.2) is 0 Å². The Morgan fingerprint density at radius 3 is 2.41 bits per heavy atom. The molecule has 2 aromatic rings. The first-order valence-electron chi connectivity index (χ1n) is 6.36. The van der Waals surface area contributed by atoms with Crippen molar-refractivity contribution in [3.63, 3.8) is 0 Å². The maximum Gasteiger partial charge on any atom is 0.274 e. The van der Waals surface area contributed by atoms with Gasteiger partial charge in [0.25, 0.3) is 5.91 Å². The molecular weight excluding hydrogens is 347 g/mol. The Balaban J connectivity index is 2.22. The van der Waals surface area contributed by atoms with Crippen LogP contribution >= 0.6 is 34.8 Å². The third kappa shape index (κ3) is 3.46. The van der Waals surface area contributed by atoms with Crippen LogP contribution in [0.2, 0.25) is 15.1 Å². The van der Waals surface area contributed by atoms with Gasteiger partial charge in [0, 0.05) is 5.56 Å². The molecule has 22 heavy (non-hydrogen) atoms. The van der Waals surface area contributed by atoms with Gasteiger partial charge in [-0.2, -0.15) is 5.10 Å². The Bertz CT molecular complexity index is 766. The van der Waals surface area contributed by atoms with Crippen LogP contribution in [0.1, 0.15) is 34.4 Å². The smallest absolute Gasteiger partial charge is 0.274 e. The number of nitrogens with zero attached hydrogens (tertiary/aromatic N) is 1. The van der Waals surface area contributed by atoms with E-state index >= 15 is 0 Å². The van der Waals surface area contributed by atoms with Crippen LogP contribution < -0.4 is 5.43 Å². The molecule has 0 aliphatic rings. The van der Waals surface area contributed by atoms with E-state index in [2.05, 4.69) is 10.5 Å². The number of halogens is 3. The van der Waals surface area contributed by atoms with Crippen LogP contribution in [0.5, 0.6) is 0 Å². The summed E-state index contributed by atoms with van der Waals surface area (Å²) in [7, 11) is 0. The lowest BCUT2D eigenvalue weighted by Gasteiger charge is -2.07. The molecule has 116 valence electrons. The van der Waals surface area contributed by atoms with Gasteiger partial charge in [0.1, 0.15) is 11.5 Å². The van der Waals surface area contributed by atoms with Crippen molar-refractivity contribution in [3.05, 3.63) is 55.9 Å². The zero-order chi connectivity index (χ0) is 16.4. The van der Waals surface area contributed by atoms with Crippen molar-refractivity contribution in [2.45, 2.75) is 20.8 Å². The quantitative estimate of drug-likeness (QED) is 0.476. The number of carbonyl (C=O) groups is 1. The van der Waals surface area contributed by atoms with Gasteiger partial charge in [-0.15, -0.1) is 0 Å². The van der Waals surface area contributed by atoms with E-state index in [-0.39, 0.29) is 10.9 Å². The highest BCUT2D eigenvalue weighted by atomic mass is 35.5. The van der Waals surface area contributed by atoms with Gasteiger partial charge in [-0.3, -0.25) is 4.79 Å². The van der Waals surface area contributed by atoms with Gasteiger partial charge in [0.05, 0.1) is 26.3 Å². The van der Waals surface area contributed by atoms with Crippen LogP contribution in [-0.2, 0) is 0 Å². The van der Waals surface area contributed by atoms with Crippen LogP contribution in [0.3, 0.4) is 0 Å². The average Bonchev–Trinajstić information content (AvgIpc) is 2.81. The van der Waals surface area contributed by atoms with E-state index in [0.29, 0.717) is 38.4 Å². The summed E-state index contributed by atoms with van der Waals surface area (Å²) in [5.41, 5.74) is 4.01. The molecular formula is C15H13Cl3N2O2. The van der Waals surface area contributed by atoms with Crippen molar-refractivity contribution < 1.29 is 9.21 Å². The summed E-state index contributed by atoms with van der Waals surface area (Å²) in [6.45, 7) is 5.20. The SMILES string of the molecule is CC(=NNC(=O)c1cc(C)oc1C)c1ccc(Cl)c(Cl)c1Cl. The van der Waals surface area contributed by atoms with Gasteiger partial charge < -0.3 is 4.42 Å². The molecule has 0 aliphatic heterocycles. The van der Waals surface area contributed by atoms with E-state index in [1.807, 2.05) is 0 Å². The number of benzene rings is 1. The largest absolute Gasteiger partial charge is 0.466 e. The fraction of sp³-hybridized carbons (Fsp3) is 0.200. The zero-order valence-electron chi connectivity index (χ0n) is 12.1. The van der Waals surface area contributed by atoms with Gasteiger partial charge in [-0.05, 0) is 32.9 Å². The summed E-state index contributed by atoms with van der Waals surface area (Å²) < 4.78 is 5.31. The molecule has 1 heterocycles. The number of hydrogen-bond donors (Lipinski definition) is 1. The molecule has 0 radical (unpaired) electrons. The molecule has 0 unspecified atom stereocenters. The number of rotatable bonds is 3. The highest BCUT2D eigenvalue weighted by Gasteiger charge is 2.14. The van der Waals surface area contributed by atoms with E-state index in [1.165, 1.54) is 0 Å². The van der Waals surface area contributed by atoms with E-state index < -0.39 is 0 Å². The number of furan rings is 1. The van der Waals surface area contributed by atoms with E-state index in [9.17, 15) is 4.79 Å². The second-order valence-electron chi connectivity index (χ2n) is 4.69. The molecule has 7 heteroatoms. The normalized spacial score (nSPS) is 11.6. The van der Waals surface area contributed by atoms with Crippen LogP contribution in [0.15, 0.2) is 27.7 Å². The van der Waals surface area contributed by atoms with Crippen molar-refractivity contribution >= 4 is 46.4 Å². The fourth-order valence-electron chi connectivity index (χ4n) is 1.92. The van der Waals surface area contributed by atoms with Gasteiger partial charge in [0.2, 0.25) is 0 Å². The minimum atomic E-state index is -0.357. The molecule has 2 rings (SSSR count). The maximum atomic E-state index is 12.1. The number of amides is 1. The molecule has 1 N–H and O–H groups in total. The van der Waals surface area contributed by atoms with Crippen LogP contribution in [0, 0.1) is 13.8 Å². The lowest BCUT2D eigenvalue weighted by molar-refractivity contribution is 0.0953. The maximum absolute atomic E-state index is 12.1. The minimum absolute atomic E-state index is 0.253. The second-order valence-corrected chi connectivity index (χ2v) is 5.85. The van der Waals surface area contributed by atoms with E-state index in [1.54, 1.807) is 39.0 Å². The van der Waals surface area contributed by atoms with E-state index in [0.717, 1.165) is 0 Å². The Morgan fingerprint density at radius 1 is 1.14 bits per heavy atom. The molecule has 1 aromatic heterocycles. The number of hydrazone groups is 1. The third-order valence-electron chi connectivity index (χ3n) is 3.04. The molecule has 0 aliphatic carbocycles. The Labute approximate surface area is 143 Å². The van der Waals surface area contributed by atoms with Crippen molar-refractivity contribution in [1.29, 1.82) is 0 Å². The van der Waals surface area contributed by atoms with Gasteiger partial charge in [-0.25, -0.2) is 5.43 Å². The predicted molar refractivity (Wildman–Crippen MR) is 89.3 cm³/mol. The molecule has 0 bridgehead atoms. The van der Waals surface area contributed by atoms with Gasteiger partial charge >= 0.3 is 0 Å². The predicted octanol–water partition coefficient (Wildman–Crippen LogP) is 5.01. The Hall–Kier alpha value is -1.49. The van der Waals surface area contributed by atoms with Crippen LogP contribution in [0.4, 0.5) is 0 Å². The lowest BCUT2D eigenvalue weighted by atomic mass is 10.1. The summed E-state index contributed by atoms with van der Waals surface area (Å²) in [5, 5.41) is 4.94. The summed E-state index contributed by atoms with van der Waals surface area (Å²) in [6, 6.07) is 4.96. The topological polar surface area (TPSA) is 54.6 Å². The monoisotopic (exact) mass is 358 g/mol. The molecule has 0 saturated heterocycles. The number of aryl methyl sites for hydroxylation is 2. The number of nitrogens with one attached hydrogen (secondary N) is 1. The van der Waals surface area contributed by atoms with Crippen LogP contribution in [0.25, 0.3) is 0 Å². The number of carbonyl (C=O) groups excluding carboxylic acids is 1. The second kappa shape index (κ2) is 6.73.